The van der Waals surface area contributed by atoms with Crippen molar-refractivity contribution in [2.45, 2.75) is 13.1 Å². The number of thiazole rings is 1. The van der Waals surface area contributed by atoms with E-state index in [1.807, 2.05) is 22.9 Å². The van der Waals surface area contributed by atoms with Gasteiger partial charge in [-0.15, -0.1) is 22.7 Å². The Morgan fingerprint density at radius 2 is 2.08 bits per heavy atom. The highest BCUT2D eigenvalue weighted by atomic mass is 35.5. The van der Waals surface area contributed by atoms with Gasteiger partial charge in [0.25, 0.3) is 11.5 Å². The maximum absolute atomic E-state index is 13.4. The van der Waals surface area contributed by atoms with Gasteiger partial charge in [-0.05, 0) is 29.6 Å². The van der Waals surface area contributed by atoms with Gasteiger partial charge in [0, 0.05) is 33.6 Å². The number of aromatic nitrogens is 4. The molecule has 0 atom stereocenters. The molecule has 5 rings (SSSR count). The molecular weight excluding hydrogens is 561 g/mol. The van der Waals surface area contributed by atoms with Crippen LogP contribution in [0.4, 0.5) is 5.82 Å². The quantitative estimate of drug-likeness (QED) is 0.245. The first kappa shape index (κ1) is 24.7. The molecule has 0 unspecified atom stereocenters. The smallest absolute Gasteiger partial charge is 0.281 e. The number of halogens is 2. The molecule has 5 aromatic rings. The molecule has 0 radical (unpaired) electrons. The summed E-state index contributed by atoms with van der Waals surface area (Å²) in [6.07, 6.45) is 3.32. The number of thiophene rings is 2. The van der Waals surface area contributed by atoms with Gasteiger partial charge in [-0.2, -0.15) is 21.1 Å². The van der Waals surface area contributed by atoms with Crippen LogP contribution in [-0.2, 0) is 13.1 Å². The number of hydrogen-bond donors (Lipinski definition) is 1. The lowest BCUT2D eigenvalue weighted by molar-refractivity contribution is 0.0948. The Hall–Kier alpha value is -2.96. The van der Waals surface area contributed by atoms with Gasteiger partial charge >= 0.3 is 0 Å². The molecular formula is C23H17Cl2N5O3S3. The van der Waals surface area contributed by atoms with Gasteiger partial charge in [0.2, 0.25) is 0 Å². The van der Waals surface area contributed by atoms with Gasteiger partial charge in [-0.25, -0.2) is 4.98 Å². The number of hydrogen-bond acceptors (Lipinski definition) is 9. The van der Waals surface area contributed by atoms with E-state index in [1.54, 1.807) is 23.8 Å². The fraction of sp³-hybridized carbons (Fsp3) is 0.130. The summed E-state index contributed by atoms with van der Waals surface area (Å²) in [5.41, 5.74) is 1.02. The van der Waals surface area contributed by atoms with E-state index < -0.39 is 0 Å². The molecule has 5 heterocycles. The number of nitrogens with one attached hydrogen (secondary N) is 1. The van der Waals surface area contributed by atoms with Crippen LogP contribution >= 0.6 is 57.2 Å². The van der Waals surface area contributed by atoms with Crippen LogP contribution in [0.3, 0.4) is 0 Å². The molecule has 0 saturated heterocycles. The number of anilines is 1. The van der Waals surface area contributed by atoms with Crippen LogP contribution in [0.2, 0.25) is 9.36 Å². The van der Waals surface area contributed by atoms with Crippen molar-refractivity contribution in [2.24, 2.45) is 0 Å². The number of ether oxygens (including phenoxy) is 1. The highest BCUT2D eigenvalue weighted by Gasteiger charge is 2.26. The number of methoxy groups -OCH3 is 1. The predicted octanol–water partition coefficient (Wildman–Crippen LogP) is 5.96. The number of rotatable bonds is 8. The molecule has 0 saturated carbocycles. The van der Waals surface area contributed by atoms with Crippen molar-refractivity contribution in [1.29, 1.82) is 0 Å². The third kappa shape index (κ3) is 4.97. The van der Waals surface area contributed by atoms with E-state index >= 15 is 0 Å². The Morgan fingerprint density at radius 3 is 2.75 bits per heavy atom. The van der Waals surface area contributed by atoms with Crippen molar-refractivity contribution in [3.05, 3.63) is 88.0 Å². The number of nitrogens with zero attached hydrogens (tertiary/aromatic N) is 4. The molecule has 0 spiro atoms. The molecule has 0 fully saturated rings. The Bertz CT molecular complexity index is 1570. The second-order valence-electron chi connectivity index (χ2n) is 7.45. The molecule has 0 aromatic carbocycles. The first-order chi connectivity index (χ1) is 17.4. The van der Waals surface area contributed by atoms with Crippen LogP contribution in [0, 0.1) is 0 Å². The van der Waals surface area contributed by atoms with Crippen molar-refractivity contribution < 1.29 is 9.53 Å². The van der Waals surface area contributed by atoms with Crippen LogP contribution < -0.4 is 15.6 Å². The summed E-state index contributed by atoms with van der Waals surface area (Å²) in [5.74, 6) is 0.397. The Labute approximate surface area is 227 Å². The zero-order chi connectivity index (χ0) is 25.2. The van der Waals surface area contributed by atoms with Crippen molar-refractivity contribution in [1.82, 2.24) is 19.3 Å². The molecule has 0 bridgehead atoms. The van der Waals surface area contributed by atoms with Crippen LogP contribution in [0.25, 0.3) is 11.3 Å². The van der Waals surface area contributed by atoms with Crippen LogP contribution in [0.5, 0.6) is 5.75 Å². The topological polar surface area (TPSA) is 91.0 Å². The summed E-state index contributed by atoms with van der Waals surface area (Å²) in [4.78, 5) is 31.3. The van der Waals surface area contributed by atoms with Crippen molar-refractivity contribution in [3.8, 4) is 17.0 Å². The maximum atomic E-state index is 13.4. The van der Waals surface area contributed by atoms with Crippen LogP contribution in [0.15, 0.2) is 57.6 Å². The molecule has 13 heteroatoms. The minimum absolute atomic E-state index is 0.0209. The van der Waals surface area contributed by atoms with Gasteiger partial charge in [-0.3, -0.25) is 9.59 Å². The lowest BCUT2D eigenvalue weighted by Crippen LogP contribution is -2.20. The predicted molar refractivity (Wildman–Crippen MR) is 145 cm³/mol. The van der Waals surface area contributed by atoms with Crippen LogP contribution in [-0.4, -0.2) is 32.3 Å². The summed E-state index contributed by atoms with van der Waals surface area (Å²) in [6, 6.07) is 6.97. The van der Waals surface area contributed by atoms with Crippen molar-refractivity contribution >= 4 is 68.9 Å². The minimum Gasteiger partial charge on any atom is -0.491 e. The van der Waals surface area contributed by atoms with Crippen LogP contribution in [0.1, 0.15) is 20.2 Å². The first-order valence-electron chi connectivity index (χ1n) is 10.5. The maximum Gasteiger partial charge on any atom is 0.281 e. The van der Waals surface area contributed by atoms with Gasteiger partial charge in [0.05, 0.1) is 30.1 Å². The zero-order valence-electron chi connectivity index (χ0n) is 18.6. The average molecular weight is 579 g/mol. The van der Waals surface area contributed by atoms with Gasteiger partial charge in [0.15, 0.2) is 11.6 Å². The van der Waals surface area contributed by atoms with E-state index in [4.69, 9.17) is 27.9 Å². The molecule has 1 N–H and O–H groups in total. The minimum atomic E-state index is -0.351. The Balaban J connectivity index is 1.61. The summed E-state index contributed by atoms with van der Waals surface area (Å²) >= 11 is 16.7. The average Bonchev–Trinajstić information content (AvgIpc) is 3.67. The summed E-state index contributed by atoms with van der Waals surface area (Å²) < 4.78 is 9.14. The molecule has 8 nitrogen and oxygen atoms in total. The largest absolute Gasteiger partial charge is 0.491 e. The lowest BCUT2D eigenvalue weighted by atomic mass is 10.2. The Morgan fingerprint density at radius 1 is 1.22 bits per heavy atom. The van der Waals surface area contributed by atoms with Gasteiger partial charge in [-0.1, -0.05) is 23.2 Å². The second-order valence-corrected chi connectivity index (χ2v) is 11.4. The fourth-order valence-electron chi connectivity index (χ4n) is 3.54. The Kier molecular flexibility index (Phi) is 7.26. The third-order valence-corrected chi connectivity index (χ3v) is 8.12. The molecule has 0 aliphatic heterocycles. The number of carbonyl (C=O) groups is 1. The van der Waals surface area contributed by atoms with E-state index in [-0.39, 0.29) is 23.0 Å². The SMILES string of the molecule is COc1c(-c2cc(Cl)c(=O)n(Cc3nccs3)c2)nn(C(=O)c2ccsc2)c1NCc1ccc(Cl)s1. The number of pyridine rings is 1. The molecule has 0 aliphatic carbocycles. The van der Waals surface area contributed by atoms with E-state index in [9.17, 15) is 9.59 Å². The van der Waals surface area contributed by atoms with E-state index in [0.717, 1.165) is 9.88 Å². The van der Waals surface area contributed by atoms with E-state index in [1.165, 1.54) is 56.4 Å². The highest BCUT2D eigenvalue weighted by molar-refractivity contribution is 7.16. The molecule has 36 heavy (non-hydrogen) atoms. The summed E-state index contributed by atoms with van der Waals surface area (Å²) in [6.45, 7) is 0.658. The lowest BCUT2D eigenvalue weighted by Gasteiger charge is -2.10. The number of carbonyl (C=O) groups excluding carboxylic acids is 1. The molecule has 5 aromatic heterocycles. The monoisotopic (exact) mass is 577 g/mol. The summed E-state index contributed by atoms with van der Waals surface area (Å²) in [5, 5.41) is 14.1. The second kappa shape index (κ2) is 10.6. The van der Waals surface area contributed by atoms with Gasteiger partial charge < -0.3 is 14.6 Å². The van der Waals surface area contributed by atoms with Crippen molar-refractivity contribution in [3.63, 3.8) is 0 Å². The van der Waals surface area contributed by atoms with Crippen molar-refractivity contribution in [2.75, 3.05) is 12.4 Å². The molecule has 0 amide bonds. The van der Waals surface area contributed by atoms with E-state index in [2.05, 4.69) is 15.4 Å². The standard InChI is InChI=1S/C23H17Cl2N5O3S3/c1-33-20-19(14-8-16(24)23(32)29(10-14)11-18-26-5-7-35-18)28-30(22(31)13-4-6-34-12-13)21(20)27-9-15-2-3-17(25)36-15/h2-8,10,12,27H,9,11H2,1H3. The van der Waals surface area contributed by atoms with Gasteiger partial charge in [0.1, 0.15) is 15.7 Å². The molecule has 184 valence electrons. The zero-order valence-corrected chi connectivity index (χ0v) is 22.6. The highest BCUT2D eigenvalue weighted by Crippen LogP contribution is 2.38. The van der Waals surface area contributed by atoms with E-state index in [0.29, 0.717) is 39.3 Å². The fourth-order valence-corrected chi connectivity index (χ4v) is 6.03. The normalized spacial score (nSPS) is 11.1. The third-order valence-electron chi connectivity index (χ3n) is 5.17. The first-order valence-corrected chi connectivity index (χ1v) is 13.8. The summed E-state index contributed by atoms with van der Waals surface area (Å²) in [7, 11) is 1.50. The molecule has 0 aliphatic rings.